The summed E-state index contributed by atoms with van der Waals surface area (Å²) >= 11 is 0. The second-order valence-corrected chi connectivity index (χ2v) is 9.33. The molecule has 1 atom stereocenters. The van der Waals surface area contributed by atoms with Crippen LogP contribution in [0.25, 0.3) is 10.8 Å². The van der Waals surface area contributed by atoms with Crippen molar-refractivity contribution in [3.63, 3.8) is 0 Å². The van der Waals surface area contributed by atoms with Gasteiger partial charge in [0, 0.05) is 42.8 Å². The van der Waals surface area contributed by atoms with E-state index in [1.54, 1.807) is 6.07 Å². The molecule has 1 fully saturated rings. The summed E-state index contributed by atoms with van der Waals surface area (Å²) in [5.41, 5.74) is 12.3. The molecule has 0 aliphatic carbocycles. The highest BCUT2D eigenvalue weighted by Gasteiger charge is 2.23. The number of nitrogens with zero attached hydrogens (tertiary/aromatic N) is 6. The van der Waals surface area contributed by atoms with E-state index in [9.17, 15) is 5.26 Å². The number of nitriles is 1. The van der Waals surface area contributed by atoms with E-state index in [1.165, 1.54) is 11.3 Å². The Balaban J connectivity index is 1.40. The first-order valence-corrected chi connectivity index (χ1v) is 12.0. The molecular weight excluding hydrogens is 436 g/mol. The fraction of sp³-hybridized carbons (Fsp3) is 0.333. The van der Waals surface area contributed by atoms with Crippen LogP contribution in [0.5, 0.6) is 0 Å². The number of benzene rings is 2. The molecule has 0 bridgehead atoms. The second-order valence-electron chi connectivity index (χ2n) is 9.33. The molecule has 35 heavy (non-hydrogen) atoms. The Kier molecular flexibility index (Phi) is 6.10. The van der Waals surface area contributed by atoms with Gasteiger partial charge >= 0.3 is 0 Å². The molecule has 0 radical (unpaired) electrons. The van der Waals surface area contributed by atoms with Crippen LogP contribution in [0.1, 0.15) is 52.9 Å². The maximum atomic E-state index is 9.38. The van der Waals surface area contributed by atoms with Gasteiger partial charge in [-0.05, 0) is 67.5 Å². The number of hydrogen-bond acceptors (Lipinski definition) is 7. The molecule has 1 saturated heterocycles. The van der Waals surface area contributed by atoms with Crippen molar-refractivity contribution in [3.8, 4) is 6.07 Å². The maximum absolute atomic E-state index is 9.38. The van der Waals surface area contributed by atoms with Gasteiger partial charge in [-0.3, -0.25) is 4.68 Å². The third-order valence-electron chi connectivity index (χ3n) is 7.13. The first kappa shape index (κ1) is 22.8. The van der Waals surface area contributed by atoms with Crippen molar-refractivity contribution >= 4 is 22.3 Å². The largest absolute Gasteiger partial charge is 0.371 e. The molecular formula is C27H30N8. The van der Waals surface area contributed by atoms with E-state index in [0.717, 1.165) is 53.5 Å². The van der Waals surface area contributed by atoms with E-state index in [-0.39, 0.29) is 0 Å². The fourth-order valence-electron chi connectivity index (χ4n) is 5.04. The van der Waals surface area contributed by atoms with Gasteiger partial charge in [0.1, 0.15) is 6.17 Å². The van der Waals surface area contributed by atoms with Crippen LogP contribution < -0.4 is 16.0 Å². The molecule has 1 aliphatic rings. The molecule has 2 aromatic heterocycles. The Morgan fingerprint density at radius 2 is 1.91 bits per heavy atom. The van der Waals surface area contributed by atoms with E-state index < -0.39 is 6.17 Å². The number of nitrogens with two attached hydrogens (primary N) is 1. The summed E-state index contributed by atoms with van der Waals surface area (Å²) in [6.45, 7) is 5.87. The maximum Gasteiger partial charge on any atom is 0.158 e. The quantitative estimate of drug-likeness (QED) is 0.422. The minimum Gasteiger partial charge on any atom is -0.371 e. The van der Waals surface area contributed by atoms with E-state index in [2.05, 4.69) is 56.0 Å². The van der Waals surface area contributed by atoms with Crippen molar-refractivity contribution in [1.29, 1.82) is 5.26 Å². The Morgan fingerprint density at radius 1 is 1.11 bits per heavy atom. The monoisotopic (exact) mass is 466 g/mol. The van der Waals surface area contributed by atoms with E-state index in [4.69, 9.17) is 5.73 Å². The molecule has 0 amide bonds. The van der Waals surface area contributed by atoms with Crippen molar-refractivity contribution in [3.05, 3.63) is 76.7 Å². The SMILES string of the molecule is Cc1c(C#N)cccc1[C@@H](N)Nc1nnc(C)c2ccc(N3CCC(c4cnn(C)c4)CC3)cc12. The van der Waals surface area contributed by atoms with Crippen LogP contribution in [0.4, 0.5) is 11.5 Å². The van der Waals surface area contributed by atoms with Gasteiger partial charge < -0.3 is 16.0 Å². The Morgan fingerprint density at radius 3 is 2.63 bits per heavy atom. The van der Waals surface area contributed by atoms with Crippen LogP contribution in [0.2, 0.25) is 0 Å². The molecule has 2 aromatic carbocycles. The van der Waals surface area contributed by atoms with Gasteiger partial charge in [-0.25, -0.2) is 0 Å². The van der Waals surface area contributed by atoms with Crippen molar-refractivity contribution in [2.24, 2.45) is 12.8 Å². The van der Waals surface area contributed by atoms with E-state index in [1.807, 2.05) is 43.9 Å². The number of anilines is 2. The highest BCUT2D eigenvalue weighted by Crippen LogP contribution is 2.34. The number of piperidine rings is 1. The van der Waals surface area contributed by atoms with E-state index >= 15 is 0 Å². The summed E-state index contributed by atoms with van der Waals surface area (Å²) in [5.74, 6) is 1.20. The molecule has 5 rings (SSSR count). The van der Waals surface area contributed by atoms with Crippen LogP contribution in [-0.4, -0.2) is 33.1 Å². The summed E-state index contributed by atoms with van der Waals surface area (Å²) in [6, 6.07) is 14.3. The molecule has 0 spiro atoms. The first-order valence-electron chi connectivity index (χ1n) is 12.0. The van der Waals surface area contributed by atoms with Crippen LogP contribution >= 0.6 is 0 Å². The molecule has 3 heterocycles. The third-order valence-corrected chi connectivity index (χ3v) is 7.13. The summed E-state index contributed by atoms with van der Waals surface area (Å²) < 4.78 is 1.88. The van der Waals surface area contributed by atoms with Crippen LogP contribution in [0.15, 0.2) is 48.8 Å². The Hall–Kier alpha value is -3.96. The summed E-state index contributed by atoms with van der Waals surface area (Å²) in [4.78, 5) is 2.44. The Bertz CT molecular complexity index is 1410. The predicted octanol–water partition coefficient (Wildman–Crippen LogP) is 4.31. The molecule has 3 N–H and O–H groups in total. The van der Waals surface area contributed by atoms with Gasteiger partial charge in [-0.2, -0.15) is 15.5 Å². The van der Waals surface area contributed by atoms with Gasteiger partial charge in [-0.15, -0.1) is 5.10 Å². The number of nitrogens with one attached hydrogen (secondary N) is 1. The average Bonchev–Trinajstić information content (AvgIpc) is 3.32. The van der Waals surface area contributed by atoms with Gasteiger partial charge in [0.05, 0.1) is 23.5 Å². The third kappa shape index (κ3) is 4.43. The smallest absolute Gasteiger partial charge is 0.158 e. The summed E-state index contributed by atoms with van der Waals surface area (Å²) in [7, 11) is 1.97. The van der Waals surface area contributed by atoms with Gasteiger partial charge in [-0.1, -0.05) is 18.2 Å². The van der Waals surface area contributed by atoms with Gasteiger partial charge in [0.15, 0.2) is 5.82 Å². The van der Waals surface area contributed by atoms with Crippen LogP contribution in [0, 0.1) is 25.2 Å². The summed E-state index contributed by atoms with van der Waals surface area (Å²) in [6.07, 6.45) is 5.81. The lowest BCUT2D eigenvalue weighted by Crippen LogP contribution is -2.32. The van der Waals surface area contributed by atoms with Crippen molar-refractivity contribution in [1.82, 2.24) is 20.0 Å². The highest BCUT2D eigenvalue weighted by atomic mass is 15.2. The molecule has 0 saturated carbocycles. The molecule has 4 aromatic rings. The predicted molar refractivity (Wildman–Crippen MR) is 138 cm³/mol. The topological polar surface area (TPSA) is 109 Å². The Labute approximate surface area is 205 Å². The average molecular weight is 467 g/mol. The lowest BCUT2D eigenvalue weighted by Gasteiger charge is -2.33. The normalized spacial score (nSPS) is 15.2. The van der Waals surface area contributed by atoms with Crippen LogP contribution in [-0.2, 0) is 7.05 Å². The second kappa shape index (κ2) is 9.35. The van der Waals surface area contributed by atoms with E-state index in [0.29, 0.717) is 17.3 Å². The molecule has 1 aliphatic heterocycles. The number of aromatic nitrogens is 4. The molecule has 8 heteroatoms. The number of fused-ring (bicyclic) bond motifs is 1. The van der Waals surface area contributed by atoms with Gasteiger partial charge in [0.25, 0.3) is 0 Å². The van der Waals surface area contributed by atoms with Crippen LogP contribution in [0.3, 0.4) is 0 Å². The first-order chi connectivity index (χ1) is 16.9. The van der Waals surface area contributed by atoms with Gasteiger partial charge in [0.2, 0.25) is 0 Å². The lowest BCUT2D eigenvalue weighted by molar-refractivity contribution is 0.505. The standard InChI is InChI=1S/C27H30N8/c1-17-20(14-28)5-4-6-23(17)26(29)31-27-25-13-22(7-8-24(25)18(2)32-33-27)35-11-9-19(10-12-35)21-15-30-34(3)16-21/h4-8,13,15-16,19,26H,9-12,29H2,1-3H3,(H,31,33)/t26-/m0/s1. The number of aryl methyl sites for hydroxylation is 2. The number of rotatable bonds is 5. The highest BCUT2D eigenvalue weighted by molar-refractivity contribution is 5.95. The zero-order valence-electron chi connectivity index (χ0n) is 20.4. The summed E-state index contributed by atoms with van der Waals surface area (Å²) in [5, 5.41) is 27.9. The molecule has 178 valence electrons. The lowest BCUT2D eigenvalue weighted by atomic mass is 9.91. The fourth-order valence-corrected chi connectivity index (χ4v) is 5.04. The van der Waals surface area contributed by atoms with Crippen molar-refractivity contribution < 1.29 is 0 Å². The van der Waals surface area contributed by atoms with Crippen molar-refractivity contribution in [2.45, 2.75) is 38.8 Å². The minimum absolute atomic E-state index is 0.512. The number of hydrogen-bond donors (Lipinski definition) is 2. The zero-order valence-corrected chi connectivity index (χ0v) is 20.4. The zero-order chi connectivity index (χ0) is 24.5. The molecule has 0 unspecified atom stereocenters. The molecule has 8 nitrogen and oxygen atoms in total. The minimum atomic E-state index is -0.512. The van der Waals surface area contributed by atoms with Crippen molar-refractivity contribution in [2.75, 3.05) is 23.3 Å².